The summed E-state index contributed by atoms with van der Waals surface area (Å²) in [6.45, 7) is 0.719. The molecule has 0 spiro atoms. The topological polar surface area (TPSA) is 44.1 Å². The van der Waals surface area contributed by atoms with Crippen molar-refractivity contribution in [2.24, 2.45) is 5.92 Å². The number of nitriles is 1. The fraction of sp³-hybridized carbons (Fsp3) is 0.538. The number of fused-ring (bicyclic) bond motifs is 1. The van der Waals surface area contributed by atoms with Gasteiger partial charge in [0.15, 0.2) is 0 Å². The number of amides is 1. The summed E-state index contributed by atoms with van der Waals surface area (Å²) in [6, 6.07) is 2.30. The van der Waals surface area contributed by atoms with Gasteiger partial charge in [-0.25, -0.2) is 0 Å². The molecule has 0 radical (unpaired) electrons. The Balaban J connectivity index is 1.98. The molecule has 18 heavy (non-hydrogen) atoms. The molecule has 3 nitrogen and oxygen atoms in total. The molecular weight excluding hydrogens is 264 g/mol. The first-order valence-electron chi connectivity index (χ1n) is 6.20. The van der Waals surface area contributed by atoms with E-state index in [-0.39, 0.29) is 5.91 Å². The second-order valence-corrected chi connectivity index (χ2v) is 6.36. The minimum absolute atomic E-state index is 0.144. The van der Waals surface area contributed by atoms with E-state index in [1.807, 2.05) is 4.90 Å². The van der Waals surface area contributed by atoms with Crippen LogP contribution in [-0.2, 0) is 17.6 Å². The second-order valence-electron chi connectivity index (χ2n) is 4.91. The van der Waals surface area contributed by atoms with Gasteiger partial charge in [-0.1, -0.05) is 0 Å². The van der Waals surface area contributed by atoms with Crippen LogP contribution in [0.25, 0.3) is 0 Å². The smallest absolute Gasteiger partial charge is 0.228 e. The van der Waals surface area contributed by atoms with E-state index < -0.39 is 0 Å². The molecule has 2 aliphatic rings. The first-order valence-corrected chi connectivity index (χ1v) is 7.65. The molecule has 1 amide bonds. The van der Waals surface area contributed by atoms with Crippen molar-refractivity contribution in [1.29, 1.82) is 5.26 Å². The molecule has 1 unspecified atom stereocenters. The number of anilines is 1. The largest absolute Gasteiger partial charge is 0.302 e. The van der Waals surface area contributed by atoms with Crippen molar-refractivity contribution in [3.63, 3.8) is 0 Å². The van der Waals surface area contributed by atoms with Gasteiger partial charge in [0.25, 0.3) is 0 Å². The Labute approximate surface area is 116 Å². The fourth-order valence-corrected chi connectivity index (χ4v) is 4.40. The van der Waals surface area contributed by atoms with Crippen molar-refractivity contribution in [1.82, 2.24) is 0 Å². The van der Waals surface area contributed by atoms with Crippen LogP contribution in [0.5, 0.6) is 0 Å². The SMILES string of the molecule is N#Cc1c(N2CC(CS)CC2=O)sc2c1CCC2. The molecule has 1 aliphatic heterocycles. The maximum absolute atomic E-state index is 12.0. The van der Waals surface area contributed by atoms with Crippen LogP contribution in [0.4, 0.5) is 5.00 Å². The lowest BCUT2D eigenvalue weighted by Gasteiger charge is -2.15. The molecule has 0 N–H and O–H groups in total. The molecule has 1 aromatic heterocycles. The van der Waals surface area contributed by atoms with Gasteiger partial charge in [0.2, 0.25) is 5.91 Å². The Hall–Kier alpha value is -0.990. The number of hydrogen-bond acceptors (Lipinski definition) is 4. The normalized spacial score (nSPS) is 22.3. The van der Waals surface area contributed by atoms with Crippen LogP contribution < -0.4 is 4.90 Å². The van der Waals surface area contributed by atoms with Crippen molar-refractivity contribution in [3.05, 3.63) is 16.0 Å². The molecule has 1 aliphatic carbocycles. The van der Waals surface area contributed by atoms with Gasteiger partial charge in [-0.05, 0) is 36.5 Å². The van der Waals surface area contributed by atoms with E-state index in [1.165, 1.54) is 10.4 Å². The highest BCUT2D eigenvalue weighted by molar-refractivity contribution is 7.80. The van der Waals surface area contributed by atoms with Crippen LogP contribution in [0.3, 0.4) is 0 Å². The predicted molar refractivity (Wildman–Crippen MR) is 75.4 cm³/mol. The zero-order valence-electron chi connectivity index (χ0n) is 9.98. The van der Waals surface area contributed by atoms with Gasteiger partial charge < -0.3 is 4.90 Å². The zero-order valence-corrected chi connectivity index (χ0v) is 11.7. The van der Waals surface area contributed by atoms with Gasteiger partial charge in [-0.2, -0.15) is 17.9 Å². The first kappa shape index (κ1) is 12.1. The first-order chi connectivity index (χ1) is 8.74. The van der Waals surface area contributed by atoms with Crippen molar-refractivity contribution >= 4 is 34.9 Å². The molecule has 2 heterocycles. The summed E-state index contributed by atoms with van der Waals surface area (Å²) in [5.74, 6) is 1.20. The number of rotatable bonds is 2. The molecule has 1 aromatic rings. The van der Waals surface area contributed by atoms with Gasteiger partial charge in [-0.15, -0.1) is 11.3 Å². The van der Waals surface area contributed by atoms with Crippen LogP contribution in [0.15, 0.2) is 0 Å². The highest BCUT2D eigenvalue weighted by atomic mass is 32.1. The number of hydrogen-bond donors (Lipinski definition) is 1. The number of carbonyl (C=O) groups excluding carboxylic acids is 1. The molecule has 0 saturated carbocycles. The predicted octanol–water partition coefficient (Wildman–Crippen LogP) is 2.39. The van der Waals surface area contributed by atoms with E-state index in [0.717, 1.165) is 42.1 Å². The van der Waals surface area contributed by atoms with Crippen molar-refractivity contribution in [2.75, 3.05) is 17.2 Å². The summed E-state index contributed by atoms with van der Waals surface area (Å²) in [5.41, 5.74) is 1.94. The third kappa shape index (κ3) is 1.75. The van der Waals surface area contributed by atoms with Crippen molar-refractivity contribution in [3.8, 4) is 6.07 Å². The summed E-state index contributed by atoms with van der Waals surface area (Å²) in [7, 11) is 0. The van der Waals surface area contributed by atoms with E-state index in [4.69, 9.17) is 0 Å². The van der Waals surface area contributed by atoms with Gasteiger partial charge in [0, 0.05) is 17.8 Å². The van der Waals surface area contributed by atoms with Crippen molar-refractivity contribution in [2.45, 2.75) is 25.7 Å². The molecule has 1 atom stereocenters. The minimum atomic E-state index is 0.144. The lowest BCUT2D eigenvalue weighted by molar-refractivity contribution is -0.117. The lowest BCUT2D eigenvalue weighted by Crippen LogP contribution is -2.24. The number of thiol groups is 1. The van der Waals surface area contributed by atoms with Gasteiger partial charge in [0.05, 0.1) is 5.56 Å². The Bertz CT molecular complexity index is 544. The van der Waals surface area contributed by atoms with Crippen LogP contribution in [0.1, 0.15) is 28.8 Å². The Kier molecular flexibility index (Phi) is 3.08. The maximum atomic E-state index is 12.0. The number of carbonyl (C=O) groups is 1. The van der Waals surface area contributed by atoms with E-state index in [9.17, 15) is 10.1 Å². The molecule has 0 aromatic carbocycles. The zero-order chi connectivity index (χ0) is 12.7. The summed E-state index contributed by atoms with van der Waals surface area (Å²) >= 11 is 5.92. The maximum Gasteiger partial charge on any atom is 0.228 e. The molecule has 94 valence electrons. The number of nitrogens with zero attached hydrogens (tertiary/aromatic N) is 2. The van der Waals surface area contributed by atoms with E-state index >= 15 is 0 Å². The number of thiophene rings is 1. The number of aryl methyl sites for hydroxylation is 1. The fourth-order valence-electron chi connectivity index (χ4n) is 2.80. The second kappa shape index (κ2) is 4.60. The molecular formula is C13H14N2OS2. The van der Waals surface area contributed by atoms with Crippen LogP contribution in [0, 0.1) is 17.2 Å². The molecule has 1 fully saturated rings. The Morgan fingerprint density at radius 2 is 2.33 bits per heavy atom. The molecule has 1 saturated heterocycles. The standard InChI is InChI=1S/C13H14N2OS2/c14-5-10-9-2-1-3-11(9)18-13(10)15-6-8(7-17)4-12(15)16/h8,17H,1-4,6-7H2. The third-order valence-electron chi connectivity index (χ3n) is 3.72. The summed E-state index contributed by atoms with van der Waals surface area (Å²) < 4.78 is 0. The summed E-state index contributed by atoms with van der Waals surface area (Å²) in [5, 5.41) is 10.2. The van der Waals surface area contributed by atoms with Crippen LogP contribution in [0.2, 0.25) is 0 Å². The Morgan fingerprint density at radius 3 is 3.00 bits per heavy atom. The van der Waals surface area contributed by atoms with Crippen LogP contribution >= 0.6 is 24.0 Å². The highest BCUT2D eigenvalue weighted by Gasteiger charge is 2.34. The lowest BCUT2D eigenvalue weighted by atomic mass is 10.1. The average molecular weight is 278 g/mol. The molecule has 3 rings (SSSR count). The average Bonchev–Trinajstić information content (AvgIpc) is 3.01. The van der Waals surface area contributed by atoms with E-state index in [0.29, 0.717) is 12.3 Å². The summed E-state index contributed by atoms with van der Waals surface area (Å²) in [6.07, 6.45) is 3.76. The third-order valence-corrected chi connectivity index (χ3v) is 5.55. The van der Waals surface area contributed by atoms with Gasteiger partial charge >= 0.3 is 0 Å². The monoisotopic (exact) mass is 278 g/mol. The van der Waals surface area contributed by atoms with E-state index in [1.54, 1.807) is 11.3 Å². The van der Waals surface area contributed by atoms with E-state index in [2.05, 4.69) is 18.7 Å². The highest BCUT2D eigenvalue weighted by Crippen LogP contribution is 2.42. The van der Waals surface area contributed by atoms with Gasteiger partial charge in [-0.3, -0.25) is 4.79 Å². The quantitative estimate of drug-likeness (QED) is 0.844. The summed E-state index contributed by atoms with van der Waals surface area (Å²) in [4.78, 5) is 15.1. The van der Waals surface area contributed by atoms with Crippen LogP contribution in [-0.4, -0.2) is 18.2 Å². The molecule has 5 heteroatoms. The van der Waals surface area contributed by atoms with Crippen molar-refractivity contribution < 1.29 is 4.79 Å². The van der Waals surface area contributed by atoms with Gasteiger partial charge in [0.1, 0.15) is 11.1 Å². The Morgan fingerprint density at radius 1 is 1.50 bits per heavy atom. The minimum Gasteiger partial charge on any atom is -0.302 e. The molecule has 0 bridgehead atoms.